The van der Waals surface area contributed by atoms with Crippen molar-refractivity contribution in [3.05, 3.63) is 65.9 Å². The number of aromatic nitrogens is 4. The minimum Gasteiger partial charge on any atom is -0.454 e. The van der Waals surface area contributed by atoms with Gasteiger partial charge >= 0.3 is 0 Å². The lowest BCUT2D eigenvalue weighted by Crippen LogP contribution is -2.31. The van der Waals surface area contributed by atoms with Gasteiger partial charge in [-0.1, -0.05) is 6.07 Å². The zero-order valence-corrected chi connectivity index (χ0v) is 14.9. The van der Waals surface area contributed by atoms with Crippen molar-refractivity contribution >= 4 is 17.5 Å². The van der Waals surface area contributed by atoms with Crippen LogP contribution in [0.15, 0.2) is 60.3 Å². The molecule has 3 aromatic rings. The monoisotopic (exact) mass is 376 g/mol. The number of hydrogen-bond acceptors (Lipinski definition) is 7. The number of carbonyl (C=O) groups is 1. The van der Waals surface area contributed by atoms with Gasteiger partial charge in [-0.25, -0.2) is 4.68 Å². The summed E-state index contributed by atoms with van der Waals surface area (Å²) in [5.41, 5.74) is 2.68. The zero-order chi connectivity index (χ0) is 19.1. The van der Waals surface area contributed by atoms with Crippen molar-refractivity contribution in [1.29, 1.82) is 0 Å². The SMILES string of the molecule is CC1=C(C(=O)Nc2cccnc2)[C@H](c2ccc3c(c2)OCO3)n2ncnc2N1. The molecule has 0 radical (unpaired) electrons. The molecule has 140 valence electrons. The van der Waals surface area contributed by atoms with E-state index in [4.69, 9.17) is 9.47 Å². The van der Waals surface area contributed by atoms with E-state index in [1.807, 2.05) is 25.1 Å². The number of carbonyl (C=O) groups excluding carboxylic acids is 1. The summed E-state index contributed by atoms with van der Waals surface area (Å²) >= 11 is 0. The Morgan fingerprint density at radius 1 is 1.29 bits per heavy atom. The third kappa shape index (κ3) is 2.64. The second kappa shape index (κ2) is 6.38. The lowest BCUT2D eigenvalue weighted by atomic mass is 9.94. The predicted octanol–water partition coefficient (Wildman–Crippen LogP) is 2.33. The average Bonchev–Trinajstić information content (AvgIpc) is 3.35. The minimum atomic E-state index is -0.468. The fourth-order valence-electron chi connectivity index (χ4n) is 3.41. The smallest absolute Gasteiger partial charge is 0.255 e. The molecule has 0 bridgehead atoms. The first-order chi connectivity index (χ1) is 13.7. The molecule has 2 N–H and O–H groups in total. The summed E-state index contributed by atoms with van der Waals surface area (Å²) in [5, 5.41) is 10.4. The van der Waals surface area contributed by atoms with Gasteiger partial charge in [-0.15, -0.1) is 0 Å². The Labute approximate surface area is 160 Å². The van der Waals surface area contributed by atoms with Crippen LogP contribution in [0.5, 0.6) is 11.5 Å². The maximum absolute atomic E-state index is 13.2. The third-order valence-electron chi connectivity index (χ3n) is 4.67. The summed E-state index contributed by atoms with van der Waals surface area (Å²) < 4.78 is 12.6. The van der Waals surface area contributed by atoms with E-state index in [9.17, 15) is 4.79 Å². The molecule has 2 aromatic heterocycles. The van der Waals surface area contributed by atoms with E-state index >= 15 is 0 Å². The van der Waals surface area contributed by atoms with Gasteiger partial charge in [0, 0.05) is 11.9 Å². The van der Waals surface area contributed by atoms with E-state index in [1.54, 1.807) is 29.2 Å². The van der Waals surface area contributed by atoms with Crippen LogP contribution in [0.25, 0.3) is 0 Å². The van der Waals surface area contributed by atoms with Gasteiger partial charge in [0.1, 0.15) is 12.4 Å². The van der Waals surface area contributed by atoms with E-state index in [0.29, 0.717) is 34.4 Å². The molecule has 1 amide bonds. The van der Waals surface area contributed by atoms with Gasteiger partial charge in [-0.2, -0.15) is 10.1 Å². The molecule has 0 spiro atoms. The number of rotatable bonds is 3. The van der Waals surface area contributed by atoms with Crippen molar-refractivity contribution in [3.8, 4) is 11.5 Å². The molecule has 9 heteroatoms. The number of fused-ring (bicyclic) bond motifs is 2. The normalized spacial score (nSPS) is 17.1. The van der Waals surface area contributed by atoms with Crippen LogP contribution in [0.2, 0.25) is 0 Å². The zero-order valence-electron chi connectivity index (χ0n) is 14.9. The highest BCUT2D eigenvalue weighted by atomic mass is 16.7. The molecule has 0 saturated heterocycles. The highest BCUT2D eigenvalue weighted by molar-refractivity contribution is 6.05. The van der Waals surface area contributed by atoms with Gasteiger partial charge in [0.15, 0.2) is 11.5 Å². The maximum Gasteiger partial charge on any atom is 0.255 e. The van der Waals surface area contributed by atoms with E-state index in [0.717, 1.165) is 5.56 Å². The summed E-state index contributed by atoms with van der Waals surface area (Å²) in [4.78, 5) is 21.5. The molecule has 1 atom stereocenters. The second-order valence-corrected chi connectivity index (χ2v) is 6.40. The largest absolute Gasteiger partial charge is 0.454 e. The Hall–Kier alpha value is -3.88. The first-order valence-corrected chi connectivity index (χ1v) is 8.69. The molecular weight excluding hydrogens is 360 g/mol. The lowest BCUT2D eigenvalue weighted by molar-refractivity contribution is -0.113. The van der Waals surface area contributed by atoms with Gasteiger partial charge in [-0.3, -0.25) is 9.78 Å². The van der Waals surface area contributed by atoms with Crippen LogP contribution in [-0.4, -0.2) is 32.4 Å². The van der Waals surface area contributed by atoms with Gasteiger partial charge < -0.3 is 20.1 Å². The number of pyridine rings is 1. The van der Waals surface area contributed by atoms with Crippen LogP contribution >= 0.6 is 0 Å². The van der Waals surface area contributed by atoms with Crippen molar-refractivity contribution in [3.63, 3.8) is 0 Å². The van der Waals surface area contributed by atoms with Crippen LogP contribution < -0.4 is 20.1 Å². The first kappa shape index (κ1) is 16.3. The fourth-order valence-corrected chi connectivity index (χ4v) is 3.41. The molecule has 9 nitrogen and oxygen atoms in total. The van der Waals surface area contributed by atoms with Crippen molar-refractivity contribution in [2.75, 3.05) is 17.4 Å². The van der Waals surface area contributed by atoms with E-state index in [2.05, 4.69) is 25.7 Å². The number of nitrogens with zero attached hydrogens (tertiary/aromatic N) is 4. The molecule has 2 aliphatic heterocycles. The van der Waals surface area contributed by atoms with Crippen molar-refractivity contribution in [2.45, 2.75) is 13.0 Å². The van der Waals surface area contributed by atoms with Gasteiger partial charge in [0.05, 0.1) is 17.5 Å². The maximum atomic E-state index is 13.2. The quantitative estimate of drug-likeness (QED) is 0.723. The Bertz CT molecular complexity index is 1090. The Morgan fingerprint density at radius 2 is 2.18 bits per heavy atom. The van der Waals surface area contributed by atoms with Crippen LogP contribution in [0.3, 0.4) is 0 Å². The number of ether oxygens (including phenoxy) is 2. The lowest BCUT2D eigenvalue weighted by Gasteiger charge is -2.28. The highest BCUT2D eigenvalue weighted by Gasteiger charge is 2.34. The Morgan fingerprint density at radius 3 is 3.04 bits per heavy atom. The van der Waals surface area contributed by atoms with Gasteiger partial charge in [-0.05, 0) is 36.8 Å². The van der Waals surface area contributed by atoms with Gasteiger partial charge in [0.25, 0.3) is 5.91 Å². The first-order valence-electron chi connectivity index (χ1n) is 8.69. The van der Waals surface area contributed by atoms with Crippen molar-refractivity contribution < 1.29 is 14.3 Å². The van der Waals surface area contributed by atoms with E-state index in [1.165, 1.54) is 6.33 Å². The average molecular weight is 376 g/mol. The number of nitrogens with one attached hydrogen (secondary N) is 2. The molecule has 28 heavy (non-hydrogen) atoms. The standard InChI is InChI=1S/C19H16N6O3/c1-11-16(18(26)24-13-3-2-6-20-8-13)17(25-19(23-11)21-9-22-25)12-4-5-14-15(7-12)28-10-27-14/h2-9,17H,10H2,1H3,(H,24,26)(H,21,22,23)/t17-/m0/s1. The Balaban J connectivity index is 1.58. The predicted molar refractivity (Wildman–Crippen MR) is 99.9 cm³/mol. The summed E-state index contributed by atoms with van der Waals surface area (Å²) in [7, 11) is 0. The number of amides is 1. The molecule has 0 unspecified atom stereocenters. The van der Waals surface area contributed by atoms with E-state index < -0.39 is 6.04 Å². The topological polar surface area (TPSA) is 103 Å². The second-order valence-electron chi connectivity index (χ2n) is 6.40. The highest BCUT2D eigenvalue weighted by Crippen LogP contribution is 2.40. The summed E-state index contributed by atoms with van der Waals surface area (Å²) in [6.07, 6.45) is 4.71. The number of allylic oxidation sites excluding steroid dienone is 1. The molecule has 2 aliphatic rings. The summed E-state index contributed by atoms with van der Waals surface area (Å²) in [6.45, 7) is 2.03. The molecule has 1 aromatic carbocycles. The van der Waals surface area contributed by atoms with E-state index in [-0.39, 0.29) is 12.7 Å². The number of hydrogen-bond donors (Lipinski definition) is 2. The Kier molecular flexibility index (Phi) is 3.71. The molecule has 0 aliphatic carbocycles. The van der Waals surface area contributed by atoms with Crippen LogP contribution in [0, 0.1) is 0 Å². The number of anilines is 2. The minimum absolute atomic E-state index is 0.183. The van der Waals surface area contributed by atoms with Crippen LogP contribution in [-0.2, 0) is 4.79 Å². The van der Waals surface area contributed by atoms with Crippen LogP contribution in [0.1, 0.15) is 18.5 Å². The number of benzene rings is 1. The molecule has 4 heterocycles. The molecule has 0 saturated carbocycles. The summed E-state index contributed by atoms with van der Waals surface area (Å²) in [6, 6.07) is 8.69. The van der Waals surface area contributed by atoms with Crippen molar-refractivity contribution in [1.82, 2.24) is 19.7 Å². The molecule has 5 rings (SSSR count). The van der Waals surface area contributed by atoms with Gasteiger partial charge in [0.2, 0.25) is 12.7 Å². The molecular formula is C19H16N6O3. The van der Waals surface area contributed by atoms with Crippen molar-refractivity contribution in [2.24, 2.45) is 0 Å². The molecule has 0 fully saturated rings. The third-order valence-corrected chi connectivity index (χ3v) is 4.67. The summed E-state index contributed by atoms with van der Waals surface area (Å²) in [5.74, 6) is 1.64. The van der Waals surface area contributed by atoms with Crippen LogP contribution in [0.4, 0.5) is 11.6 Å². The fraction of sp³-hybridized carbons (Fsp3) is 0.158.